The summed E-state index contributed by atoms with van der Waals surface area (Å²) in [4.78, 5) is 21.3. The molecule has 1 aliphatic rings. The number of hydrogen-bond donors (Lipinski definition) is 1. The largest absolute Gasteiger partial charge is 0.346 e. The molecule has 0 radical (unpaired) electrons. The van der Waals surface area contributed by atoms with Gasteiger partial charge in [-0.3, -0.25) is 4.90 Å². The van der Waals surface area contributed by atoms with Gasteiger partial charge in [-0.15, -0.1) is 11.3 Å². The van der Waals surface area contributed by atoms with E-state index in [9.17, 15) is 0 Å². The smallest absolute Gasteiger partial charge is 0.185 e. The van der Waals surface area contributed by atoms with E-state index in [0.29, 0.717) is 0 Å². The molecular formula is C14H16N6S. The van der Waals surface area contributed by atoms with Gasteiger partial charge >= 0.3 is 0 Å². The minimum atomic E-state index is 0.800. The molecule has 0 spiro atoms. The monoisotopic (exact) mass is 300 g/mol. The highest BCUT2D eigenvalue weighted by atomic mass is 32.1. The average Bonchev–Trinajstić information content (AvgIpc) is 3.17. The Kier molecular flexibility index (Phi) is 3.28. The predicted octanol–water partition coefficient (Wildman–Crippen LogP) is 1.74. The van der Waals surface area contributed by atoms with Crippen LogP contribution < -0.4 is 4.90 Å². The highest BCUT2D eigenvalue weighted by Gasteiger charge is 2.19. The maximum atomic E-state index is 4.54. The van der Waals surface area contributed by atoms with Crippen LogP contribution in [-0.4, -0.2) is 51.0 Å². The van der Waals surface area contributed by atoms with Gasteiger partial charge in [-0.25, -0.2) is 15.0 Å². The van der Waals surface area contributed by atoms with E-state index in [1.165, 1.54) is 0 Å². The van der Waals surface area contributed by atoms with Crippen molar-refractivity contribution in [2.24, 2.45) is 0 Å². The molecule has 1 aliphatic heterocycles. The molecule has 0 unspecified atom stereocenters. The van der Waals surface area contributed by atoms with Crippen LogP contribution in [0, 0.1) is 0 Å². The first-order chi connectivity index (χ1) is 10.4. The van der Waals surface area contributed by atoms with Gasteiger partial charge < -0.3 is 9.88 Å². The Balaban J connectivity index is 1.40. The van der Waals surface area contributed by atoms with Gasteiger partial charge in [0.05, 0.1) is 12.1 Å². The minimum Gasteiger partial charge on any atom is -0.346 e. The fourth-order valence-electron chi connectivity index (χ4n) is 2.65. The van der Waals surface area contributed by atoms with Crippen LogP contribution in [0.15, 0.2) is 29.9 Å². The number of aromatic amines is 1. The summed E-state index contributed by atoms with van der Waals surface area (Å²) in [6.45, 7) is 4.95. The number of piperazine rings is 1. The predicted molar refractivity (Wildman–Crippen MR) is 83.5 cm³/mol. The highest BCUT2D eigenvalue weighted by Crippen LogP contribution is 2.19. The molecule has 0 atom stereocenters. The molecule has 0 aliphatic carbocycles. The van der Waals surface area contributed by atoms with Gasteiger partial charge in [-0.1, -0.05) is 0 Å². The van der Waals surface area contributed by atoms with E-state index in [1.54, 1.807) is 17.5 Å². The number of nitrogens with zero attached hydrogens (tertiary/aromatic N) is 5. The Morgan fingerprint density at radius 1 is 1.14 bits per heavy atom. The van der Waals surface area contributed by atoms with Gasteiger partial charge in [0.2, 0.25) is 0 Å². The molecule has 3 aromatic rings. The summed E-state index contributed by atoms with van der Waals surface area (Å²) in [5.74, 6) is 0.992. The van der Waals surface area contributed by atoms with Gasteiger partial charge in [0, 0.05) is 44.0 Å². The van der Waals surface area contributed by atoms with E-state index in [-0.39, 0.29) is 0 Å². The van der Waals surface area contributed by atoms with E-state index < -0.39 is 0 Å². The molecule has 1 fully saturated rings. The van der Waals surface area contributed by atoms with Crippen LogP contribution in [0.1, 0.15) is 5.82 Å². The van der Waals surface area contributed by atoms with Crippen LogP contribution in [0.3, 0.4) is 0 Å². The maximum Gasteiger partial charge on any atom is 0.185 e. The summed E-state index contributed by atoms with van der Waals surface area (Å²) >= 11 is 1.71. The zero-order chi connectivity index (χ0) is 14.1. The molecule has 108 valence electrons. The number of imidazole rings is 1. The SMILES string of the molecule is c1cnc2nc(CN3CCN(c4nccs4)CC3)[nH]c2c1. The second-order valence-electron chi connectivity index (χ2n) is 5.14. The summed E-state index contributed by atoms with van der Waals surface area (Å²) in [5, 5.41) is 3.16. The molecule has 4 heterocycles. The van der Waals surface area contributed by atoms with Gasteiger partial charge in [-0.2, -0.15) is 0 Å². The van der Waals surface area contributed by atoms with Crippen molar-refractivity contribution in [3.8, 4) is 0 Å². The Morgan fingerprint density at radius 3 is 2.81 bits per heavy atom. The van der Waals surface area contributed by atoms with Crippen LogP contribution in [0.25, 0.3) is 11.2 Å². The third-order valence-electron chi connectivity index (χ3n) is 3.74. The number of aromatic nitrogens is 4. The molecule has 6 nitrogen and oxygen atoms in total. The Bertz CT molecular complexity index is 681. The van der Waals surface area contributed by atoms with E-state index >= 15 is 0 Å². The average molecular weight is 300 g/mol. The first-order valence-electron chi connectivity index (χ1n) is 7.05. The van der Waals surface area contributed by atoms with Crippen LogP contribution in [0.4, 0.5) is 5.13 Å². The van der Waals surface area contributed by atoms with Crippen LogP contribution in [0.5, 0.6) is 0 Å². The summed E-state index contributed by atoms with van der Waals surface area (Å²) in [5.41, 5.74) is 1.81. The molecule has 0 aromatic carbocycles. The van der Waals surface area contributed by atoms with E-state index in [2.05, 4.69) is 29.7 Å². The number of anilines is 1. The van der Waals surface area contributed by atoms with Crippen LogP contribution >= 0.6 is 11.3 Å². The Hall–Kier alpha value is -1.99. The molecule has 1 N–H and O–H groups in total. The lowest BCUT2D eigenvalue weighted by Crippen LogP contribution is -2.46. The third kappa shape index (κ3) is 2.62. The quantitative estimate of drug-likeness (QED) is 0.798. The van der Waals surface area contributed by atoms with Gasteiger partial charge in [0.1, 0.15) is 5.82 Å². The van der Waals surface area contributed by atoms with Crippen molar-refractivity contribution in [2.75, 3.05) is 31.1 Å². The van der Waals surface area contributed by atoms with E-state index in [0.717, 1.165) is 54.8 Å². The van der Waals surface area contributed by atoms with Gasteiger partial charge in [0.25, 0.3) is 0 Å². The number of thiazole rings is 1. The number of rotatable bonds is 3. The summed E-state index contributed by atoms with van der Waals surface area (Å²) in [7, 11) is 0. The van der Waals surface area contributed by atoms with Gasteiger partial charge in [-0.05, 0) is 12.1 Å². The fourth-order valence-corrected chi connectivity index (χ4v) is 3.35. The van der Waals surface area contributed by atoms with Gasteiger partial charge in [0.15, 0.2) is 10.8 Å². The number of hydrogen-bond acceptors (Lipinski definition) is 6. The second-order valence-corrected chi connectivity index (χ2v) is 6.01. The molecule has 7 heteroatoms. The topological polar surface area (TPSA) is 60.9 Å². The van der Waals surface area contributed by atoms with E-state index in [4.69, 9.17) is 0 Å². The lowest BCUT2D eigenvalue weighted by atomic mass is 10.3. The summed E-state index contributed by atoms with van der Waals surface area (Å²) in [6, 6.07) is 3.94. The number of nitrogens with one attached hydrogen (secondary N) is 1. The van der Waals surface area contributed by atoms with Crippen molar-refractivity contribution in [1.82, 2.24) is 24.8 Å². The normalized spacial score (nSPS) is 16.7. The maximum absolute atomic E-state index is 4.54. The zero-order valence-electron chi connectivity index (χ0n) is 11.6. The zero-order valence-corrected chi connectivity index (χ0v) is 12.4. The third-order valence-corrected chi connectivity index (χ3v) is 4.57. The van der Waals surface area contributed by atoms with Crippen LogP contribution in [-0.2, 0) is 6.54 Å². The van der Waals surface area contributed by atoms with Crippen molar-refractivity contribution >= 4 is 27.6 Å². The van der Waals surface area contributed by atoms with Crippen molar-refractivity contribution in [2.45, 2.75) is 6.54 Å². The highest BCUT2D eigenvalue weighted by molar-refractivity contribution is 7.13. The first-order valence-corrected chi connectivity index (χ1v) is 7.93. The molecule has 0 bridgehead atoms. The second kappa shape index (κ2) is 5.42. The Morgan fingerprint density at radius 2 is 2.05 bits per heavy atom. The summed E-state index contributed by atoms with van der Waals surface area (Å²) in [6.07, 6.45) is 3.65. The van der Waals surface area contributed by atoms with Crippen molar-refractivity contribution in [3.63, 3.8) is 0 Å². The molecule has 4 rings (SSSR count). The number of H-pyrrole nitrogens is 1. The Labute approximate surface area is 126 Å². The van der Waals surface area contributed by atoms with E-state index in [1.807, 2.05) is 23.7 Å². The fraction of sp³-hybridized carbons (Fsp3) is 0.357. The first kappa shape index (κ1) is 12.7. The number of fused-ring (bicyclic) bond motifs is 1. The lowest BCUT2D eigenvalue weighted by molar-refractivity contribution is 0.245. The van der Waals surface area contributed by atoms with Crippen molar-refractivity contribution < 1.29 is 0 Å². The van der Waals surface area contributed by atoms with Crippen LogP contribution in [0.2, 0.25) is 0 Å². The molecule has 0 amide bonds. The van der Waals surface area contributed by atoms with Crippen molar-refractivity contribution in [1.29, 1.82) is 0 Å². The summed E-state index contributed by atoms with van der Waals surface area (Å²) < 4.78 is 0. The molecule has 0 saturated carbocycles. The molecular weight excluding hydrogens is 284 g/mol. The van der Waals surface area contributed by atoms with Crippen molar-refractivity contribution in [3.05, 3.63) is 35.7 Å². The molecule has 3 aromatic heterocycles. The number of pyridine rings is 1. The molecule has 21 heavy (non-hydrogen) atoms. The minimum absolute atomic E-state index is 0.800. The standard InChI is InChI=1S/C14H16N6S/c1-2-11-13(15-3-1)18-12(17-11)10-19-5-7-20(8-6-19)14-16-4-9-21-14/h1-4,9H,5-8,10H2,(H,15,17,18). The molecule has 1 saturated heterocycles. The lowest BCUT2D eigenvalue weighted by Gasteiger charge is -2.33.